The second kappa shape index (κ2) is 32.6. The number of phenols is 1. The molecule has 1 fully saturated rings. The molecule has 29 nitrogen and oxygen atoms in total. The summed E-state index contributed by atoms with van der Waals surface area (Å²) in [6.07, 6.45) is -4.38. The fourth-order valence-electron chi connectivity index (χ4n) is 8.57. The Morgan fingerprint density at radius 2 is 1.15 bits per heavy atom. The van der Waals surface area contributed by atoms with Gasteiger partial charge in [0.1, 0.15) is 54.1 Å². The van der Waals surface area contributed by atoms with E-state index in [1.54, 1.807) is 44.2 Å². The minimum atomic E-state index is -1.84. The van der Waals surface area contributed by atoms with E-state index in [2.05, 4.69) is 42.2 Å². The van der Waals surface area contributed by atoms with Crippen molar-refractivity contribution in [1.82, 2.24) is 42.1 Å². The van der Waals surface area contributed by atoms with Crippen LogP contribution in [0.15, 0.2) is 59.6 Å². The number of aliphatic hydroxyl groups excluding tert-OH is 2. The molecule has 0 unspecified atom stereocenters. The third-order valence-corrected chi connectivity index (χ3v) is 13.3. The fourth-order valence-corrected chi connectivity index (χ4v) is 8.57. The maximum absolute atomic E-state index is 14.4. The molecule has 29 heteroatoms. The average molecular weight is 1140 g/mol. The molecule has 21 N–H and O–H groups in total. The van der Waals surface area contributed by atoms with Crippen LogP contribution in [0, 0.1) is 5.92 Å². The number of rotatable bonds is 33. The normalized spacial score (nSPS) is 17.0. The number of nitrogens with zero attached hydrogens (tertiary/aromatic N) is 2. The van der Waals surface area contributed by atoms with E-state index in [9.17, 15) is 73.2 Å². The molecule has 0 aromatic heterocycles. The molecule has 0 spiro atoms. The fraction of sp³-hybridized carbons (Fsp3) is 0.538. The van der Waals surface area contributed by atoms with Crippen LogP contribution >= 0.6 is 0 Å². The number of guanidine groups is 1. The van der Waals surface area contributed by atoms with Gasteiger partial charge in [0.2, 0.25) is 59.1 Å². The monoisotopic (exact) mass is 1140 g/mol. The van der Waals surface area contributed by atoms with Gasteiger partial charge in [-0.05, 0) is 75.1 Å². The number of aliphatic hydroxyl groups is 2. The van der Waals surface area contributed by atoms with E-state index >= 15 is 0 Å². The lowest BCUT2D eigenvalue weighted by atomic mass is 9.96. The maximum atomic E-state index is 14.4. The number of hydrogen-bond donors (Lipinski definition) is 16. The lowest BCUT2D eigenvalue weighted by molar-refractivity contribution is -0.143. The van der Waals surface area contributed by atoms with Crippen LogP contribution in [0.1, 0.15) is 90.2 Å². The molecule has 1 aliphatic rings. The van der Waals surface area contributed by atoms with Crippen LogP contribution in [0.5, 0.6) is 5.75 Å². The van der Waals surface area contributed by atoms with Gasteiger partial charge < -0.3 is 91.2 Å². The number of nitrogens with one attached hydrogen (secondary N) is 7. The zero-order valence-electron chi connectivity index (χ0n) is 45.7. The molecule has 0 aliphatic carbocycles. The molecular weight excluding hydrogens is 1060 g/mol. The summed E-state index contributed by atoms with van der Waals surface area (Å²) < 4.78 is 0. The highest BCUT2D eigenvalue weighted by molar-refractivity contribution is 5.99. The van der Waals surface area contributed by atoms with Gasteiger partial charge in [-0.25, -0.2) is 4.79 Å². The molecule has 2 aromatic rings. The van der Waals surface area contributed by atoms with Crippen molar-refractivity contribution in [2.45, 2.75) is 158 Å². The van der Waals surface area contributed by atoms with E-state index in [0.29, 0.717) is 11.1 Å². The van der Waals surface area contributed by atoms with Crippen molar-refractivity contribution >= 4 is 71.0 Å². The maximum Gasteiger partial charge on any atom is 0.326 e. The van der Waals surface area contributed by atoms with Gasteiger partial charge in [-0.15, -0.1) is 0 Å². The zero-order valence-corrected chi connectivity index (χ0v) is 45.7. The van der Waals surface area contributed by atoms with Gasteiger partial charge in [-0.3, -0.25) is 52.9 Å². The molecule has 3 rings (SSSR count). The van der Waals surface area contributed by atoms with Crippen LogP contribution in [0.3, 0.4) is 0 Å². The Morgan fingerprint density at radius 1 is 0.630 bits per heavy atom. The number of nitrogens with two attached hydrogens (primary N) is 5. The number of aliphatic carboxylic acids is 1. The number of carbonyl (C=O) groups is 11. The number of hydrogen-bond acceptors (Lipinski definition) is 16. The van der Waals surface area contributed by atoms with E-state index in [0.717, 1.165) is 18.7 Å². The minimum Gasteiger partial charge on any atom is -0.508 e. The van der Waals surface area contributed by atoms with E-state index in [4.69, 9.17) is 28.7 Å². The van der Waals surface area contributed by atoms with Crippen LogP contribution < -0.4 is 65.9 Å². The summed E-state index contributed by atoms with van der Waals surface area (Å²) >= 11 is 0. The summed E-state index contributed by atoms with van der Waals surface area (Å²) in [5, 5.41) is 58.1. The Morgan fingerprint density at radius 3 is 1.70 bits per heavy atom. The van der Waals surface area contributed by atoms with Gasteiger partial charge in [0, 0.05) is 32.4 Å². The quantitative estimate of drug-likeness (QED) is 0.0181. The Kier molecular flexibility index (Phi) is 26.9. The lowest BCUT2D eigenvalue weighted by Crippen LogP contribution is -2.63. The van der Waals surface area contributed by atoms with E-state index in [1.807, 2.05) is 0 Å². The number of benzene rings is 2. The summed E-state index contributed by atoms with van der Waals surface area (Å²) in [5.74, 6) is -12.0. The minimum absolute atomic E-state index is 0.0380. The number of carbonyl (C=O) groups excluding carboxylic acids is 10. The molecule has 12 atom stereocenters. The van der Waals surface area contributed by atoms with Gasteiger partial charge in [-0.1, -0.05) is 62.7 Å². The third kappa shape index (κ3) is 22.0. The number of carboxylic acids is 1. The Balaban J connectivity index is 1.86. The highest BCUT2D eigenvalue weighted by Crippen LogP contribution is 2.21. The number of aromatic hydroxyl groups is 1. The number of phenolic OH excluding ortho intramolecular Hbond substituents is 1. The first-order valence-corrected chi connectivity index (χ1v) is 26.3. The van der Waals surface area contributed by atoms with Crippen LogP contribution in [0.2, 0.25) is 0 Å². The summed E-state index contributed by atoms with van der Waals surface area (Å²) in [6.45, 7) is 5.52. The largest absolute Gasteiger partial charge is 0.508 e. The molecule has 0 saturated carbocycles. The van der Waals surface area contributed by atoms with Crippen molar-refractivity contribution in [3.05, 3.63) is 65.7 Å². The Bertz CT molecular complexity index is 2550. The molecule has 1 aliphatic heterocycles. The predicted molar refractivity (Wildman–Crippen MR) is 291 cm³/mol. The highest BCUT2D eigenvalue weighted by atomic mass is 16.4. The topological polar surface area (TPSA) is 499 Å². The van der Waals surface area contributed by atoms with E-state index in [1.165, 1.54) is 24.3 Å². The number of likely N-dealkylation sites (tertiary alicyclic amines) is 1. The van der Waals surface area contributed by atoms with E-state index in [-0.39, 0.29) is 82.6 Å². The standard InChI is InChI=1S/C52H78N14O15/c1-5-26(2)40(63-46(75)37-14-10-22-66(37)50(79)35(25-39(55)71)61-45(74)34(23-30-15-17-31(69)18-16-30)60-43(72)32(53)19-20-38(54)70)47(76)59-33(13-9-21-58-52(56)57)44(73)64-42(28(4)68)49(78)65-41(27(3)67)48(77)62-36(51(80)81)24-29-11-7-6-8-12-29/h6-8,11-12,15-18,26-28,32-37,40-42,67-69H,5,9-10,13-14,19-25,53H2,1-4H3,(H2,54,70)(H2,55,71)(H,59,76)(H,60,72)(H,61,74)(H,62,77)(H,63,75)(H,64,73)(H,65,78)(H,80,81)(H4,56,57,58)/t26-,27+,28+,32-,33-,34-,35-,36-,37-,40-,41-,42-/m0/s1. The molecule has 10 amide bonds. The second-order valence-corrected chi connectivity index (χ2v) is 19.9. The molecule has 1 saturated heterocycles. The highest BCUT2D eigenvalue weighted by Gasteiger charge is 2.42. The first-order chi connectivity index (χ1) is 38.1. The Labute approximate surface area is 467 Å². The number of carboxylic acid groups (broad SMARTS) is 1. The smallest absolute Gasteiger partial charge is 0.326 e. The van der Waals surface area contributed by atoms with Crippen molar-refractivity contribution in [1.29, 1.82) is 0 Å². The summed E-state index contributed by atoms with van der Waals surface area (Å²) in [4.78, 5) is 152. The third-order valence-electron chi connectivity index (χ3n) is 13.3. The van der Waals surface area contributed by atoms with Crippen LogP contribution in [0.25, 0.3) is 0 Å². The molecule has 81 heavy (non-hydrogen) atoms. The number of primary amides is 2. The Hall–Kier alpha value is -8.44. The van der Waals surface area contributed by atoms with Crippen LogP contribution in [-0.2, 0) is 65.6 Å². The summed E-state index contributed by atoms with van der Waals surface area (Å²) in [5.41, 5.74) is 28.7. The van der Waals surface area contributed by atoms with E-state index < -0.39 is 144 Å². The van der Waals surface area contributed by atoms with Crippen molar-refractivity contribution in [3.8, 4) is 5.75 Å². The van der Waals surface area contributed by atoms with Gasteiger partial charge >= 0.3 is 5.97 Å². The van der Waals surface area contributed by atoms with Gasteiger partial charge in [0.25, 0.3) is 0 Å². The van der Waals surface area contributed by atoms with Crippen molar-refractivity contribution in [3.63, 3.8) is 0 Å². The van der Waals surface area contributed by atoms with Gasteiger partial charge in [-0.2, -0.15) is 0 Å². The molecular formula is C52H78N14O15. The van der Waals surface area contributed by atoms with Crippen molar-refractivity contribution in [2.75, 3.05) is 13.1 Å². The first kappa shape index (κ1) is 66.8. The van der Waals surface area contributed by atoms with Crippen molar-refractivity contribution in [2.24, 2.45) is 39.6 Å². The lowest BCUT2D eigenvalue weighted by Gasteiger charge is -2.32. The van der Waals surface area contributed by atoms with Crippen LogP contribution in [0.4, 0.5) is 0 Å². The molecule has 0 radical (unpaired) electrons. The van der Waals surface area contributed by atoms with Crippen molar-refractivity contribution < 1.29 is 73.2 Å². The van der Waals surface area contributed by atoms with Gasteiger partial charge in [0.05, 0.1) is 24.7 Å². The molecule has 1 heterocycles. The molecule has 2 aromatic carbocycles. The predicted octanol–water partition coefficient (Wildman–Crippen LogP) is -5.02. The molecule has 0 bridgehead atoms. The summed E-state index contributed by atoms with van der Waals surface area (Å²) in [7, 11) is 0. The zero-order chi connectivity index (χ0) is 60.7. The average Bonchev–Trinajstić information content (AvgIpc) is 3.99. The number of amides is 10. The summed E-state index contributed by atoms with van der Waals surface area (Å²) in [6, 6.07) is 0.188. The second-order valence-electron chi connectivity index (χ2n) is 19.9. The number of aliphatic imine (C=N–C) groups is 1. The van der Waals surface area contributed by atoms with Crippen LogP contribution in [-0.4, -0.2) is 176 Å². The first-order valence-electron chi connectivity index (χ1n) is 26.3. The van der Waals surface area contributed by atoms with Gasteiger partial charge in [0.15, 0.2) is 5.96 Å². The SMILES string of the molecule is CC[C@H](C)[C@H](NC(=O)[C@@H]1CCCN1C(=O)[C@H](CC(N)=O)NC(=O)[C@H](Cc1ccc(O)cc1)NC(=O)[C@@H](N)CCC(N)=O)C(=O)N[C@@H](CCCN=C(N)N)C(=O)N[C@H](C(=O)N[C@H](C(=O)N[C@@H](Cc1ccccc1)C(=O)O)[C@@H](C)O)[C@@H](C)O. The molecule has 446 valence electrons.